The highest BCUT2D eigenvalue weighted by molar-refractivity contribution is 6.04. The number of amides is 1. The van der Waals surface area contributed by atoms with E-state index in [2.05, 4.69) is 20.5 Å². The van der Waals surface area contributed by atoms with E-state index in [9.17, 15) is 18.0 Å². The molecule has 1 N–H and O–H groups in total. The van der Waals surface area contributed by atoms with Crippen molar-refractivity contribution < 1.29 is 27.4 Å². The third kappa shape index (κ3) is 5.76. The Morgan fingerprint density at radius 2 is 1.91 bits per heavy atom. The first-order chi connectivity index (χ1) is 16.8. The largest absolute Gasteiger partial charge is 0.477 e. The van der Waals surface area contributed by atoms with E-state index in [0.717, 1.165) is 41.8 Å². The van der Waals surface area contributed by atoms with Gasteiger partial charge in [-0.05, 0) is 68.5 Å². The van der Waals surface area contributed by atoms with Crippen LogP contribution in [0.25, 0.3) is 11.3 Å². The molecule has 3 heterocycles. The molecule has 0 atom stereocenters. The molecule has 0 bridgehead atoms. The second-order valence-corrected chi connectivity index (χ2v) is 8.22. The van der Waals surface area contributed by atoms with Crippen LogP contribution in [-0.2, 0) is 10.9 Å². The molecule has 184 valence electrons. The molecule has 3 aromatic rings. The molecule has 0 spiro atoms. The Hall–Kier alpha value is -3.53. The van der Waals surface area contributed by atoms with E-state index in [1.807, 2.05) is 26.0 Å². The molecule has 0 unspecified atom stereocenters. The van der Waals surface area contributed by atoms with Gasteiger partial charge in [-0.25, -0.2) is 0 Å². The first-order valence-electron chi connectivity index (χ1n) is 11.3. The monoisotopic (exact) mass is 486 g/mol. The highest BCUT2D eigenvalue weighted by atomic mass is 19.4. The number of nitrogens with one attached hydrogen (secondary N) is 1. The van der Waals surface area contributed by atoms with Gasteiger partial charge in [-0.15, -0.1) is 10.2 Å². The Bertz CT molecular complexity index is 1210. The number of pyridine rings is 1. The van der Waals surface area contributed by atoms with Crippen molar-refractivity contribution in [2.75, 3.05) is 25.1 Å². The minimum atomic E-state index is -4.64. The van der Waals surface area contributed by atoms with Crippen LogP contribution < -0.4 is 10.1 Å². The highest BCUT2D eigenvalue weighted by Gasteiger charge is 2.33. The summed E-state index contributed by atoms with van der Waals surface area (Å²) in [6.45, 7) is 5.60. The summed E-state index contributed by atoms with van der Waals surface area (Å²) in [5, 5.41) is 11.3. The third-order valence-corrected chi connectivity index (χ3v) is 5.81. The minimum absolute atomic E-state index is 0.142. The lowest BCUT2D eigenvalue weighted by Gasteiger charge is -2.24. The van der Waals surface area contributed by atoms with Crippen molar-refractivity contribution in [3.05, 3.63) is 65.0 Å². The molecule has 1 aliphatic rings. The van der Waals surface area contributed by atoms with Crippen molar-refractivity contribution in [2.45, 2.75) is 38.8 Å². The maximum absolute atomic E-state index is 13.0. The SMILES string of the molecule is CCOc1nnc(-c2cc(NC(=O)c3ccnc(C(F)(F)F)c3)ccc2C)cc1C1CCOCC1. The maximum atomic E-state index is 13.0. The standard InChI is InChI=1S/C25H25F3N4O3/c1-3-35-24-20(16-7-10-34-11-8-16)14-21(31-32-24)19-13-18(5-4-15(19)2)30-23(33)17-6-9-29-22(12-17)25(26,27)28/h4-6,9,12-14,16H,3,7-8,10-11H2,1-2H3,(H,30,33). The van der Waals surface area contributed by atoms with Gasteiger partial charge >= 0.3 is 6.18 Å². The summed E-state index contributed by atoms with van der Waals surface area (Å²) in [4.78, 5) is 15.9. The summed E-state index contributed by atoms with van der Waals surface area (Å²) < 4.78 is 50.1. The van der Waals surface area contributed by atoms with Gasteiger partial charge in [0, 0.05) is 41.8 Å². The molecule has 2 aromatic heterocycles. The van der Waals surface area contributed by atoms with E-state index < -0.39 is 17.8 Å². The summed E-state index contributed by atoms with van der Waals surface area (Å²) in [6, 6.07) is 9.15. The number of rotatable bonds is 6. The lowest BCUT2D eigenvalue weighted by atomic mass is 9.91. The number of hydrogen-bond acceptors (Lipinski definition) is 6. The molecular formula is C25H25F3N4O3. The molecule has 1 amide bonds. The molecule has 1 aliphatic heterocycles. The number of anilines is 1. The Morgan fingerprint density at radius 3 is 2.63 bits per heavy atom. The van der Waals surface area contributed by atoms with Gasteiger partial charge in [-0.3, -0.25) is 9.78 Å². The van der Waals surface area contributed by atoms with Crippen LogP contribution in [0, 0.1) is 6.92 Å². The Labute approximate surface area is 200 Å². The molecule has 1 saturated heterocycles. The number of aromatic nitrogens is 3. The van der Waals surface area contributed by atoms with E-state index in [1.165, 1.54) is 6.07 Å². The minimum Gasteiger partial charge on any atom is -0.477 e. The van der Waals surface area contributed by atoms with E-state index in [0.29, 0.717) is 37.1 Å². The molecule has 4 rings (SSSR count). The first-order valence-corrected chi connectivity index (χ1v) is 11.3. The van der Waals surface area contributed by atoms with Crippen molar-refractivity contribution in [3.63, 3.8) is 0 Å². The number of carbonyl (C=O) groups is 1. The van der Waals surface area contributed by atoms with Gasteiger partial charge in [0.2, 0.25) is 5.88 Å². The van der Waals surface area contributed by atoms with Gasteiger partial charge in [-0.1, -0.05) is 6.07 Å². The predicted octanol–water partition coefficient (Wildman–Crippen LogP) is 5.41. The Morgan fingerprint density at radius 1 is 1.14 bits per heavy atom. The van der Waals surface area contributed by atoms with Gasteiger partial charge in [0.1, 0.15) is 5.69 Å². The Balaban J connectivity index is 1.63. The molecular weight excluding hydrogens is 461 g/mol. The molecule has 10 heteroatoms. The quantitative estimate of drug-likeness (QED) is 0.501. The number of carbonyl (C=O) groups excluding carboxylic acids is 1. The second kappa shape index (κ2) is 10.4. The summed E-state index contributed by atoms with van der Waals surface area (Å²) in [6.07, 6.45) is -1.97. The number of alkyl halides is 3. The molecule has 7 nitrogen and oxygen atoms in total. The maximum Gasteiger partial charge on any atom is 0.433 e. The first kappa shape index (κ1) is 24.6. The fourth-order valence-corrected chi connectivity index (χ4v) is 3.98. The van der Waals surface area contributed by atoms with Gasteiger partial charge in [0.25, 0.3) is 5.91 Å². The topological polar surface area (TPSA) is 86.2 Å². The predicted molar refractivity (Wildman–Crippen MR) is 123 cm³/mol. The van der Waals surface area contributed by atoms with Crippen LogP contribution in [0.5, 0.6) is 5.88 Å². The number of hydrogen-bond donors (Lipinski definition) is 1. The average Bonchev–Trinajstić information content (AvgIpc) is 2.86. The number of ether oxygens (including phenoxy) is 2. The fraction of sp³-hybridized carbons (Fsp3) is 0.360. The van der Waals surface area contributed by atoms with Crippen LogP contribution in [0.1, 0.15) is 52.9 Å². The molecule has 1 aromatic carbocycles. The smallest absolute Gasteiger partial charge is 0.433 e. The number of aryl methyl sites for hydroxylation is 1. The average molecular weight is 486 g/mol. The van der Waals surface area contributed by atoms with Crippen LogP contribution in [0.15, 0.2) is 42.6 Å². The van der Waals surface area contributed by atoms with Gasteiger partial charge in [0.15, 0.2) is 0 Å². The van der Waals surface area contributed by atoms with Gasteiger partial charge in [-0.2, -0.15) is 13.2 Å². The lowest BCUT2D eigenvalue weighted by Crippen LogP contribution is -2.16. The molecule has 0 aliphatic carbocycles. The van der Waals surface area contributed by atoms with E-state index in [4.69, 9.17) is 9.47 Å². The van der Waals surface area contributed by atoms with E-state index in [1.54, 1.807) is 12.1 Å². The van der Waals surface area contributed by atoms with Crippen LogP contribution in [0.2, 0.25) is 0 Å². The highest BCUT2D eigenvalue weighted by Crippen LogP contribution is 2.35. The normalized spacial score (nSPS) is 14.5. The van der Waals surface area contributed by atoms with Crippen molar-refractivity contribution in [3.8, 4) is 17.1 Å². The zero-order valence-electron chi connectivity index (χ0n) is 19.4. The summed E-state index contributed by atoms with van der Waals surface area (Å²) in [7, 11) is 0. The van der Waals surface area contributed by atoms with Crippen molar-refractivity contribution >= 4 is 11.6 Å². The molecule has 35 heavy (non-hydrogen) atoms. The fourth-order valence-electron chi connectivity index (χ4n) is 3.98. The third-order valence-electron chi connectivity index (χ3n) is 5.81. The Kier molecular flexibility index (Phi) is 7.30. The zero-order chi connectivity index (χ0) is 25.0. The number of halogens is 3. The molecule has 0 saturated carbocycles. The van der Waals surface area contributed by atoms with Crippen LogP contribution in [0.3, 0.4) is 0 Å². The van der Waals surface area contributed by atoms with Gasteiger partial charge in [0.05, 0.1) is 12.3 Å². The summed E-state index contributed by atoms with van der Waals surface area (Å²) in [5.41, 5.74) is 2.39. The molecule has 0 radical (unpaired) electrons. The van der Waals surface area contributed by atoms with Crippen molar-refractivity contribution in [1.82, 2.24) is 15.2 Å². The zero-order valence-corrected chi connectivity index (χ0v) is 19.4. The van der Waals surface area contributed by atoms with Crippen LogP contribution in [-0.4, -0.2) is 40.9 Å². The van der Waals surface area contributed by atoms with Crippen LogP contribution in [0.4, 0.5) is 18.9 Å². The summed E-state index contributed by atoms with van der Waals surface area (Å²) in [5.74, 6) is 0.0639. The van der Waals surface area contributed by atoms with E-state index in [-0.39, 0.29) is 11.5 Å². The van der Waals surface area contributed by atoms with Crippen LogP contribution >= 0.6 is 0 Å². The molecule has 1 fully saturated rings. The second-order valence-electron chi connectivity index (χ2n) is 8.22. The summed E-state index contributed by atoms with van der Waals surface area (Å²) >= 11 is 0. The number of nitrogens with zero attached hydrogens (tertiary/aromatic N) is 3. The lowest BCUT2D eigenvalue weighted by molar-refractivity contribution is -0.141. The van der Waals surface area contributed by atoms with Crippen molar-refractivity contribution in [2.24, 2.45) is 0 Å². The van der Waals surface area contributed by atoms with Crippen molar-refractivity contribution in [1.29, 1.82) is 0 Å². The van der Waals surface area contributed by atoms with Gasteiger partial charge < -0.3 is 14.8 Å². The van der Waals surface area contributed by atoms with E-state index >= 15 is 0 Å². The number of benzene rings is 1.